The van der Waals surface area contributed by atoms with Crippen molar-refractivity contribution >= 4 is 23.5 Å². The minimum Gasteiger partial charge on any atom is -0.388 e. The number of hydrogen-bond donors (Lipinski definition) is 4. The van der Waals surface area contributed by atoms with Crippen LogP contribution in [-0.2, 0) is 4.79 Å². The molecular weight excluding hydrogens is 180 g/mol. The van der Waals surface area contributed by atoms with Gasteiger partial charge in [0.05, 0.1) is 11.4 Å². The van der Waals surface area contributed by atoms with Crippen LogP contribution in [0.15, 0.2) is 18.2 Å². The first-order valence-corrected chi connectivity index (χ1v) is 4.26. The van der Waals surface area contributed by atoms with E-state index in [4.69, 9.17) is 0 Å². The van der Waals surface area contributed by atoms with Gasteiger partial charge < -0.3 is 10.6 Å². The SMILES string of the molecule is CNc1ccc(NNC=O)c(NC)c1. The van der Waals surface area contributed by atoms with Crippen molar-refractivity contribution in [1.82, 2.24) is 5.43 Å². The third-order valence-electron chi connectivity index (χ3n) is 1.84. The summed E-state index contributed by atoms with van der Waals surface area (Å²) >= 11 is 0. The Morgan fingerprint density at radius 1 is 1.14 bits per heavy atom. The zero-order valence-electron chi connectivity index (χ0n) is 8.22. The molecule has 0 radical (unpaired) electrons. The minimum atomic E-state index is 0.589. The molecule has 1 aromatic rings. The van der Waals surface area contributed by atoms with E-state index in [-0.39, 0.29) is 0 Å². The quantitative estimate of drug-likeness (QED) is 0.414. The van der Waals surface area contributed by atoms with E-state index < -0.39 is 0 Å². The lowest BCUT2D eigenvalue weighted by Crippen LogP contribution is -2.19. The highest BCUT2D eigenvalue weighted by molar-refractivity contribution is 5.74. The molecule has 0 heterocycles. The third kappa shape index (κ3) is 2.29. The molecule has 76 valence electrons. The highest BCUT2D eigenvalue weighted by Crippen LogP contribution is 2.24. The summed E-state index contributed by atoms with van der Waals surface area (Å²) in [4.78, 5) is 10.1. The second-order valence-electron chi connectivity index (χ2n) is 2.65. The van der Waals surface area contributed by atoms with Gasteiger partial charge in [-0.3, -0.25) is 15.6 Å². The Kier molecular flexibility index (Phi) is 3.60. The Bertz CT molecular complexity index is 314. The van der Waals surface area contributed by atoms with Crippen molar-refractivity contribution in [2.24, 2.45) is 0 Å². The van der Waals surface area contributed by atoms with Crippen LogP contribution in [0.5, 0.6) is 0 Å². The van der Waals surface area contributed by atoms with E-state index in [1.165, 1.54) is 0 Å². The van der Waals surface area contributed by atoms with Crippen LogP contribution < -0.4 is 21.5 Å². The van der Waals surface area contributed by atoms with E-state index in [0.717, 1.165) is 17.1 Å². The molecule has 0 atom stereocenters. The van der Waals surface area contributed by atoms with E-state index in [0.29, 0.717) is 6.41 Å². The maximum Gasteiger partial charge on any atom is 0.225 e. The Morgan fingerprint density at radius 3 is 2.50 bits per heavy atom. The van der Waals surface area contributed by atoms with Gasteiger partial charge in [-0.25, -0.2) is 0 Å². The average Bonchev–Trinajstić information content (AvgIpc) is 2.26. The summed E-state index contributed by atoms with van der Waals surface area (Å²) in [5.41, 5.74) is 7.87. The number of hydrogen-bond acceptors (Lipinski definition) is 4. The molecule has 0 bridgehead atoms. The second-order valence-corrected chi connectivity index (χ2v) is 2.65. The van der Waals surface area contributed by atoms with Gasteiger partial charge in [-0.15, -0.1) is 0 Å². The largest absolute Gasteiger partial charge is 0.388 e. The topological polar surface area (TPSA) is 65.2 Å². The van der Waals surface area contributed by atoms with Crippen LogP contribution >= 0.6 is 0 Å². The number of benzene rings is 1. The van der Waals surface area contributed by atoms with E-state index in [9.17, 15) is 4.79 Å². The van der Waals surface area contributed by atoms with Gasteiger partial charge in [0.2, 0.25) is 6.41 Å². The molecule has 0 aromatic heterocycles. The Balaban J connectivity index is 2.87. The first kappa shape index (κ1) is 10.2. The van der Waals surface area contributed by atoms with Crippen molar-refractivity contribution in [3.8, 4) is 0 Å². The lowest BCUT2D eigenvalue weighted by Gasteiger charge is -2.12. The molecule has 0 aliphatic rings. The molecular formula is C9H14N4O. The van der Waals surface area contributed by atoms with Crippen molar-refractivity contribution in [2.45, 2.75) is 0 Å². The highest BCUT2D eigenvalue weighted by Gasteiger charge is 2.00. The van der Waals surface area contributed by atoms with Gasteiger partial charge in [-0.05, 0) is 18.2 Å². The summed E-state index contributed by atoms with van der Waals surface area (Å²) in [6.45, 7) is 0. The van der Waals surface area contributed by atoms with Gasteiger partial charge in [0.15, 0.2) is 0 Å². The number of rotatable bonds is 5. The fourth-order valence-electron chi connectivity index (χ4n) is 1.12. The number of carbonyl (C=O) groups is 1. The molecule has 5 heteroatoms. The summed E-state index contributed by atoms with van der Waals surface area (Å²) < 4.78 is 0. The Hall–Kier alpha value is -1.91. The molecule has 0 aliphatic heterocycles. The van der Waals surface area contributed by atoms with Gasteiger partial charge in [0.25, 0.3) is 0 Å². The lowest BCUT2D eigenvalue weighted by molar-refractivity contribution is -0.109. The first-order valence-electron chi connectivity index (χ1n) is 4.26. The third-order valence-corrected chi connectivity index (χ3v) is 1.84. The maximum absolute atomic E-state index is 10.1. The lowest BCUT2D eigenvalue weighted by atomic mass is 10.2. The van der Waals surface area contributed by atoms with Crippen LogP contribution in [0.3, 0.4) is 0 Å². The molecule has 0 unspecified atom stereocenters. The number of nitrogens with one attached hydrogen (secondary N) is 4. The summed E-state index contributed by atoms with van der Waals surface area (Å²) in [6, 6.07) is 5.72. The van der Waals surface area contributed by atoms with Gasteiger partial charge >= 0.3 is 0 Å². The van der Waals surface area contributed by atoms with E-state index in [1.807, 2.05) is 32.3 Å². The summed E-state index contributed by atoms with van der Waals surface area (Å²) in [5.74, 6) is 0. The fraction of sp³-hybridized carbons (Fsp3) is 0.222. The van der Waals surface area contributed by atoms with Crippen molar-refractivity contribution in [3.05, 3.63) is 18.2 Å². The average molecular weight is 194 g/mol. The van der Waals surface area contributed by atoms with Gasteiger partial charge in [0.1, 0.15) is 0 Å². The molecule has 0 aliphatic carbocycles. The summed E-state index contributed by atoms with van der Waals surface area (Å²) in [5, 5.41) is 6.05. The van der Waals surface area contributed by atoms with Gasteiger partial charge in [-0.1, -0.05) is 0 Å². The van der Waals surface area contributed by atoms with Crippen LogP contribution in [0, 0.1) is 0 Å². The number of anilines is 3. The van der Waals surface area contributed by atoms with Crippen LogP contribution in [0.2, 0.25) is 0 Å². The van der Waals surface area contributed by atoms with Crippen molar-refractivity contribution < 1.29 is 4.79 Å². The molecule has 0 spiro atoms. The van der Waals surface area contributed by atoms with Crippen molar-refractivity contribution in [1.29, 1.82) is 0 Å². The van der Waals surface area contributed by atoms with Crippen LogP contribution in [0.25, 0.3) is 0 Å². The number of hydrazine groups is 1. The molecule has 1 amide bonds. The molecule has 4 N–H and O–H groups in total. The molecule has 1 rings (SSSR count). The predicted octanol–water partition coefficient (Wildman–Crippen LogP) is 0.843. The summed E-state index contributed by atoms with van der Waals surface area (Å²) in [7, 11) is 3.67. The van der Waals surface area contributed by atoms with Crippen molar-refractivity contribution in [3.63, 3.8) is 0 Å². The molecule has 1 aromatic carbocycles. The maximum atomic E-state index is 10.1. The van der Waals surface area contributed by atoms with Crippen LogP contribution in [0.1, 0.15) is 0 Å². The molecule has 14 heavy (non-hydrogen) atoms. The van der Waals surface area contributed by atoms with E-state index >= 15 is 0 Å². The van der Waals surface area contributed by atoms with E-state index in [1.54, 1.807) is 0 Å². The molecule has 0 saturated carbocycles. The molecule has 0 saturated heterocycles. The predicted molar refractivity (Wildman–Crippen MR) is 58.4 cm³/mol. The minimum absolute atomic E-state index is 0.589. The normalized spacial score (nSPS) is 9.00. The Labute approximate surface area is 82.9 Å². The van der Waals surface area contributed by atoms with Gasteiger partial charge in [0, 0.05) is 19.8 Å². The highest BCUT2D eigenvalue weighted by atomic mass is 16.1. The van der Waals surface area contributed by atoms with Crippen LogP contribution in [-0.4, -0.2) is 20.5 Å². The van der Waals surface area contributed by atoms with E-state index in [2.05, 4.69) is 21.5 Å². The zero-order valence-corrected chi connectivity index (χ0v) is 8.22. The van der Waals surface area contributed by atoms with Crippen molar-refractivity contribution in [2.75, 3.05) is 30.2 Å². The fourth-order valence-corrected chi connectivity index (χ4v) is 1.12. The second kappa shape index (κ2) is 4.96. The standard InChI is InChI=1S/C9H14N4O/c1-10-7-3-4-8(13-12-6-14)9(5-7)11-2/h3-6,10-11,13H,1-2H3,(H,12,14). The number of carbonyl (C=O) groups excluding carboxylic acids is 1. The monoisotopic (exact) mass is 194 g/mol. The molecule has 0 fully saturated rings. The van der Waals surface area contributed by atoms with Crippen LogP contribution in [0.4, 0.5) is 17.1 Å². The first-order chi connectivity index (χ1) is 6.81. The zero-order chi connectivity index (χ0) is 10.4. The summed E-state index contributed by atoms with van der Waals surface area (Å²) in [6.07, 6.45) is 0.589. The number of amides is 1. The smallest absolute Gasteiger partial charge is 0.225 e. The van der Waals surface area contributed by atoms with Gasteiger partial charge in [-0.2, -0.15) is 0 Å². The Morgan fingerprint density at radius 2 is 1.93 bits per heavy atom. The molecule has 5 nitrogen and oxygen atoms in total.